The molecule has 0 radical (unpaired) electrons. The highest BCUT2D eigenvalue weighted by Crippen LogP contribution is 2.12. The average molecular weight is 269 g/mol. The predicted octanol–water partition coefficient (Wildman–Crippen LogP) is 3.92. The van der Waals surface area contributed by atoms with Crippen molar-refractivity contribution < 1.29 is 9.53 Å². The van der Waals surface area contributed by atoms with Gasteiger partial charge in [-0.05, 0) is 24.6 Å². The normalized spacial score (nSPS) is 10.4. The first-order valence-corrected chi connectivity index (χ1v) is 6.18. The second-order valence-electron chi connectivity index (χ2n) is 4.21. The maximum absolute atomic E-state index is 11.4. The number of benzene rings is 2. The molecule has 0 aliphatic heterocycles. The maximum Gasteiger partial charge on any atom is 0.429 e. The monoisotopic (exact) mass is 269 g/mol. The molecular weight excluding hydrogens is 254 g/mol. The van der Waals surface area contributed by atoms with Gasteiger partial charge >= 0.3 is 6.09 Å². The summed E-state index contributed by atoms with van der Waals surface area (Å²) in [5.41, 5.74) is 4.93. The minimum atomic E-state index is -0.635. The second kappa shape index (κ2) is 7.04. The standard InChI is InChI=1S/C15H15N3O2/c1-12-7-9-14(10-8-12)16-18-17-15(19)20-11-13-5-3-2-4-6-13/h2-10H,11H2,1H3,(H,16,17,19). The first-order chi connectivity index (χ1) is 9.74. The Balaban J connectivity index is 1.76. The third kappa shape index (κ3) is 4.53. The van der Waals surface area contributed by atoms with E-state index < -0.39 is 6.09 Å². The van der Waals surface area contributed by atoms with Crippen molar-refractivity contribution in [3.63, 3.8) is 0 Å². The van der Waals surface area contributed by atoms with Crippen LogP contribution in [0.1, 0.15) is 11.1 Å². The molecule has 0 unspecified atom stereocenters. The summed E-state index contributed by atoms with van der Waals surface area (Å²) in [5.74, 6) is 0. The van der Waals surface area contributed by atoms with E-state index in [1.165, 1.54) is 0 Å². The number of amides is 1. The lowest BCUT2D eigenvalue weighted by Crippen LogP contribution is -2.17. The number of ether oxygens (including phenoxy) is 1. The van der Waals surface area contributed by atoms with Crippen molar-refractivity contribution in [2.75, 3.05) is 0 Å². The number of aryl methyl sites for hydroxylation is 1. The van der Waals surface area contributed by atoms with Gasteiger partial charge < -0.3 is 4.74 Å². The smallest absolute Gasteiger partial charge is 0.429 e. The lowest BCUT2D eigenvalue weighted by atomic mass is 10.2. The third-order valence-corrected chi connectivity index (χ3v) is 2.55. The van der Waals surface area contributed by atoms with Gasteiger partial charge in [0.1, 0.15) is 6.61 Å². The van der Waals surface area contributed by atoms with Gasteiger partial charge in [-0.2, -0.15) is 5.43 Å². The van der Waals surface area contributed by atoms with Gasteiger partial charge in [-0.1, -0.05) is 53.3 Å². The summed E-state index contributed by atoms with van der Waals surface area (Å²) in [4.78, 5) is 11.4. The van der Waals surface area contributed by atoms with Crippen LogP contribution in [0.15, 0.2) is 64.9 Å². The Hall–Kier alpha value is -2.69. The van der Waals surface area contributed by atoms with Crippen LogP contribution in [0.4, 0.5) is 10.5 Å². The van der Waals surface area contributed by atoms with Crippen LogP contribution < -0.4 is 5.43 Å². The molecule has 0 heterocycles. The molecule has 2 aromatic carbocycles. The molecule has 0 fully saturated rings. The van der Waals surface area contributed by atoms with Crippen LogP contribution in [-0.2, 0) is 11.3 Å². The highest BCUT2D eigenvalue weighted by Gasteiger charge is 2.00. The van der Waals surface area contributed by atoms with Crippen LogP contribution >= 0.6 is 0 Å². The Morgan fingerprint density at radius 3 is 2.50 bits per heavy atom. The van der Waals surface area contributed by atoms with Crippen molar-refractivity contribution >= 4 is 11.8 Å². The molecule has 5 nitrogen and oxygen atoms in total. The summed E-state index contributed by atoms with van der Waals surface area (Å²) in [7, 11) is 0. The van der Waals surface area contributed by atoms with Gasteiger partial charge in [0, 0.05) is 0 Å². The molecule has 0 aromatic heterocycles. The topological polar surface area (TPSA) is 63.0 Å². The zero-order chi connectivity index (χ0) is 14.2. The number of rotatable bonds is 4. The van der Waals surface area contributed by atoms with E-state index in [9.17, 15) is 4.79 Å². The number of nitrogens with zero attached hydrogens (tertiary/aromatic N) is 2. The van der Waals surface area contributed by atoms with Crippen LogP contribution in [0.25, 0.3) is 0 Å². The summed E-state index contributed by atoms with van der Waals surface area (Å²) in [6.07, 6.45) is -0.635. The van der Waals surface area contributed by atoms with E-state index in [0.29, 0.717) is 5.69 Å². The van der Waals surface area contributed by atoms with E-state index in [2.05, 4.69) is 15.8 Å². The van der Waals surface area contributed by atoms with Crippen molar-refractivity contribution in [3.8, 4) is 0 Å². The number of carbonyl (C=O) groups is 1. The van der Waals surface area contributed by atoms with E-state index in [1.807, 2.05) is 61.5 Å². The molecule has 0 spiro atoms. The molecular formula is C15H15N3O2. The van der Waals surface area contributed by atoms with Gasteiger partial charge in [-0.25, -0.2) is 4.79 Å². The fraction of sp³-hybridized carbons (Fsp3) is 0.133. The Bertz CT molecular complexity index is 580. The van der Waals surface area contributed by atoms with E-state index >= 15 is 0 Å². The molecule has 20 heavy (non-hydrogen) atoms. The van der Waals surface area contributed by atoms with Crippen LogP contribution in [0.5, 0.6) is 0 Å². The zero-order valence-corrected chi connectivity index (χ0v) is 11.1. The second-order valence-corrected chi connectivity index (χ2v) is 4.21. The Labute approximate surface area is 117 Å². The molecule has 2 aromatic rings. The lowest BCUT2D eigenvalue weighted by Gasteiger charge is -2.02. The summed E-state index contributed by atoms with van der Waals surface area (Å²) in [6.45, 7) is 2.19. The van der Waals surface area contributed by atoms with Gasteiger partial charge in [0.25, 0.3) is 0 Å². The number of nitrogens with one attached hydrogen (secondary N) is 1. The number of hydrogen-bond acceptors (Lipinski definition) is 4. The molecule has 102 valence electrons. The van der Waals surface area contributed by atoms with Crippen LogP contribution in [0.3, 0.4) is 0 Å². The Morgan fingerprint density at radius 2 is 1.80 bits per heavy atom. The van der Waals surface area contributed by atoms with E-state index in [1.54, 1.807) is 0 Å². The Kier molecular flexibility index (Phi) is 4.83. The first kappa shape index (κ1) is 13.7. The van der Waals surface area contributed by atoms with Crippen LogP contribution in [0, 0.1) is 6.92 Å². The molecule has 5 heteroatoms. The van der Waals surface area contributed by atoms with Gasteiger partial charge in [0.2, 0.25) is 0 Å². The SMILES string of the molecule is Cc1ccc(N=NNC(=O)OCc2ccccc2)cc1. The molecule has 0 bridgehead atoms. The zero-order valence-electron chi connectivity index (χ0n) is 11.1. The van der Waals surface area contributed by atoms with Crippen LogP contribution in [-0.4, -0.2) is 6.09 Å². The molecule has 2 rings (SSSR count). The van der Waals surface area contributed by atoms with Crippen LogP contribution in [0.2, 0.25) is 0 Å². The van der Waals surface area contributed by atoms with E-state index in [-0.39, 0.29) is 6.61 Å². The van der Waals surface area contributed by atoms with E-state index in [4.69, 9.17) is 4.74 Å². The number of hydrogen-bond donors (Lipinski definition) is 1. The molecule has 0 saturated heterocycles. The molecule has 0 atom stereocenters. The van der Waals surface area contributed by atoms with Gasteiger partial charge in [0.05, 0.1) is 5.69 Å². The predicted molar refractivity (Wildman–Crippen MR) is 75.5 cm³/mol. The molecule has 1 N–H and O–H groups in total. The van der Waals surface area contributed by atoms with E-state index in [0.717, 1.165) is 11.1 Å². The van der Waals surface area contributed by atoms with Crippen molar-refractivity contribution in [1.82, 2.24) is 5.43 Å². The summed E-state index contributed by atoms with van der Waals surface area (Å²) >= 11 is 0. The molecule has 1 amide bonds. The van der Waals surface area contributed by atoms with Gasteiger partial charge in [-0.15, -0.1) is 5.11 Å². The minimum absolute atomic E-state index is 0.201. The average Bonchev–Trinajstić information content (AvgIpc) is 2.48. The van der Waals surface area contributed by atoms with Gasteiger partial charge in [-0.3, -0.25) is 0 Å². The third-order valence-electron chi connectivity index (χ3n) is 2.55. The number of carbonyl (C=O) groups excluding carboxylic acids is 1. The minimum Gasteiger partial charge on any atom is -0.443 e. The fourth-order valence-electron chi connectivity index (χ4n) is 1.49. The first-order valence-electron chi connectivity index (χ1n) is 6.18. The van der Waals surface area contributed by atoms with Crippen molar-refractivity contribution in [2.45, 2.75) is 13.5 Å². The quantitative estimate of drug-likeness (QED) is 0.675. The molecule has 0 aliphatic rings. The Morgan fingerprint density at radius 1 is 1.10 bits per heavy atom. The largest absolute Gasteiger partial charge is 0.443 e. The lowest BCUT2D eigenvalue weighted by molar-refractivity contribution is 0.139. The molecule has 0 aliphatic carbocycles. The molecule has 0 saturated carbocycles. The summed E-state index contributed by atoms with van der Waals surface area (Å²) in [5, 5.41) is 7.44. The highest BCUT2D eigenvalue weighted by molar-refractivity contribution is 5.66. The van der Waals surface area contributed by atoms with Crippen molar-refractivity contribution in [1.29, 1.82) is 0 Å². The maximum atomic E-state index is 11.4. The fourth-order valence-corrected chi connectivity index (χ4v) is 1.49. The summed E-state index contributed by atoms with van der Waals surface area (Å²) < 4.78 is 4.98. The summed E-state index contributed by atoms with van der Waals surface area (Å²) in [6, 6.07) is 16.9. The highest BCUT2D eigenvalue weighted by atomic mass is 16.6. The van der Waals surface area contributed by atoms with Crippen molar-refractivity contribution in [3.05, 3.63) is 65.7 Å². The van der Waals surface area contributed by atoms with Gasteiger partial charge in [0.15, 0.2) is 0 Å². The van der Waals surface area contributed by atoms with Crippen molar-refractivity contribution in [2.24, 2.45) is 10.3 Å².